The number of hydrogen-bond acceptors (Lipinski definition) is 3. The van der Waals surface area contributed by atoms with Crippen LogP contribution in [-0.4, -0.2) is 19.6 Å². The standard InChI is InChI=1S/C19H18N4.H2/c1-2-13(3-1)10-15-4-5-17-16(6-7-18(17)22-15)14-8-9-23-19(11-14)20-12-21-23;/h4-6,8-9,11-13H,1-3,7,10H2;1H. The van der Waals surface area contributed by atoms with E-state index < -0.39 is 0 Å². The molecule has 3 aromatic rings. The van der Waals surface area contributed by atoms with Gasteiger partial charge in [-0.3, -0.25) is 4.98 Å². The Morgan fingerprint density at radius 1 is 1.22 bits per heavy atom. The fraction of sp³-hybridized carbons (Fsp3) is 0.316. The highest BCUT2D eigenvalue weighted by molar-refractivity contribution is 5.84. The van der Waals surface area contributed by atoms with Crippen molar-refractivity contribution in [1.82, 2.24) is 19.6 Å². The van der Waals surface area contributed by atoms with E-state index in [4.69, 9.17) is 4.98 Å². The monoisotopic (exact) mass is 304 g/mol. The maximum absolute atomic E-state index is 4.92. The third-order valence-corrected chi connectivity index (χ3v) is 5.14. The molecule has 0 amide bonds. The molecule has 0 aliphatic heterocycles. The molecule has 2 aliphatic rings. The summed E-state index contributed by atoms with van der Waals surface area (Å²) in [5.41, 5.74) is 7.10. The van der Waals surface area contributed by atoms with Crippen LogP contribution in [0, 0.1) is 5.92 Å². The largest absolute Gasteiger partial charge is 0.257 e. The summed E-state index contributed by atoms with van der Waals surface area (Å²) < 4.78 is 1.79. The van der Waals surface area contributed by atoms with E-state index in [1.807, 2.05) is 6.20 Å². The minimum atomic E-state index is 0. The van der Waals surface area contributed by atoms with Gasteiger partial charge in [-0.2, -0.15) is 5.10 Å². The Labute approximate surface area is 136 Å². The van der Waals surface area contributed by atoms with Gasteiger partial charge in [0.2, 0.25) is 0 Å². The van der Waals surface area contributed by atoms with Crippen molar-refractivity contribution in [2.45, 2.75) is 32.1 Å². The predicted octanol–water partition coefficient (Wildman–Crippen LogP) is 3.70. The van der Waals surface area contributed by atoms with E-state index in [1.54, 1.807) is 10.8 Å². The summed E-state index contributed by atoms with van der Waals surface area (Å²) in [6.45, 7) is 0. The summed E-state index contributed by atoms with van der Waals surface area (Å²) in [6.07, 6.45) is 12.1. The van der Waals surface area contributed by atoms with E-state index in [2.05, 4.69) is 40.4 Å². The number of allylic oxidation sites excluding steroid dienone is 1. The van der Waals surface area contributed by atoms with Crippen molar-refractivity contribution in [1.29, 1.82) is 0 Å². The zero-order valence-corrected chi connectivity index (χ0v) is 12.9. The Morgan fingerprint density at radius 3 is 3.04 bits per heavy atom. The summed E-state index contributed by atoms with van der Waals surface area (Å²) in [4.78, 5) is 9.20. The zero-order valence-electron chi connectivity index (χ0n) is 12.9. The van der Waals surface area contributed by atoms with Gasteiger partial charge in [0, 0.05) is 25.3 Å². The second kappa shape index (κ2) is 5.01. The van der Waals surface area contributed by atoms with Crippen LogP contribution in [-0.2, 0) is 12.8 Å². The lowest BCUT2D eigenvalue weighted by Gasteiger charge is -2.25. The van der Waals surface area contributed by atoms with E-state index in [-0.39, 0.29) is 1.43 Å². The van der Waals surface area contributed by atoms with Crippen molar-refractivity contribution in [2.75, 3.05) is 0 Å². The molecule has 23 heavy (non-hydrogen) atoms. The van der Waals surface area contributed by atoms with Gasteiger partial charge in [0.15, 0.2) is 5.65 Å². The smallest absolute Gasteiger partial charge is 0.155 e. The van der Waals surface area contributed by atoms with Crippen LogP contribution in [0.15, 0.2) is 42.9 Å². The van der Waals surface area contributed by atoms with Gasteiger partial charge in [0.05, 0.1) is 5.69 Å². The van der Waals surface area contributed by atoms with Crippen LogP contribution in [0.5, 0.6) is 0 Å². The minimum absolute atomic E-state index is 0. The maximum atomic E-state index is 4.92. The van der Waals surface area contributed by atoms with Gasteiger partial charge in [-0.1, -0.05) is 31.4 Å². The normalized spacial score (nSPS) is 17.1. The van der Waals surface area contributed by atoms with Crippen molar-refractivity contribution >= 4 is 11.2 Å². The van der Waals surface area contributed by atoms with Crippen LogP contribution < -0.4 is 0 Å². The van der Waals surface area contributed by atoms with Gasteiger partial charge in [0.1, 0.15) is 6.33 Å². The van der Waals surface area contributed by atoms with Crippen LogP contribution in [0.4, 0.5) is 0 Å². The lowest BCUT2D eigenvalue weighted by Crippen LogP contribution is -2.14. The predicted molar refractivity (Wildman–Crippen MR) is 91.2 cm³/mol. The fourth-order valence-electron chi connectivity index (χ4n) is 3.62. The summed E-state index contributed by atoms with van der Waals surface area (Å²) in [5.74, 6) is 0.865. The van der Waals surface area contributed by atoms with Gasteiger partial charge in [0.25, 0.3) is 0 Å². The molecule has 3 heterocycles. The average molecular weight is 304 g/mol. The second-order valence-electron chi connectivity index (χ2n) is 6.60. The number of aromatic nitrogens is 4. The number of hydrogen-bond donors (Lipinski definition) is 0. The van der Waals surface area contributed by atoms with E-state index in [1.165, 1.54) is 47.4 Å². The molecule has 0 bridgehead atoms. The Hall–Kier alpha value is -2.49. The molecule has 2 aliphatic carbocycles. The molecule has 116 valence electrons. The van der Waals surface area contributed by atoms with Crippen LogP contribution in [0.25, 0.3) is 11.2 Å². The summed E-state index contributed by atoms with van der Waals surface area (Å²) in [6, 6.07) is 8.66. The third-order valence-electron chi connectivity index (χ3n) is 5.14. The highest BCUT2D eigenvalue weighted by Crippen LogP contribution is 2.34. The van der Waals surface area contributed by atoms with Crippen LogP contribution >= 0.6 is 0 Å². The quantitative estimate of drug-likeness (QED) is 0.741. The summed E-state index contributed by atoms with van der Waals surface area (Å²) >= 11 is 0. The first-order valence-electron chi connectivity index (χ1n) is 8.36. The summed E-state index contributed by atoms with van der Waals surface area (Å²) in [5, 5.41) is 4.16. The van der Waals surface area contributed by atoms with E-state index in [0.29, 0.717) is 0 Å². The van der Waals surface area contributed by atoms with E-state index >= 15 is 0 Å². The van der Waals surface area contributed by atoms with Gasteiger partial charge in [-0.15, -0.1) is 0 Å². The van der Waals surface area contributed by atoms with Gasteiger partial charge >= 0.3 is 0 Å². The lowest BCUT2D eigenvalue weighted by atomic mass is 9.82. The molecule has 4 heteroatoms. The molecular weight excluding hydrogens is 284 g/mol. The fourth-order valence-corrected chi connectivity index (χ4v) is 3.62. The first-order valence-corrected chi connectivity index (χ1v) is 8.36. The topological polar surface area (TPSA) is 43.1 Å². The molecule has 0 atom stereocenters. The van der Waals surface area contributed by atoms with Crippen LogP contribution in [0.2, 0.25) is 0 Å². The molecular formula is C19H20N4. The molecule has 0 radical (unpaired) electrons. The number of nitrogens with zero attached hydrogens (tertiary/aromatic N) is 4. The second-order valence-corrected chi connectivity index (χ2v) is 6.60. The first kappa shape index (κ1) is 13.0. The highest BCUT2D eigenvalue weighted by Gasteiger charge is 2.21. The Bertz CT molecular complexity index is 924. The number of fused-ring (bicyclic) bond motifs is 2. The maximum Gasteiger partial charge on any atom is 0.155 e. The Balaban J connectivity index is 0.00000146. The van der Waals surface area contributed by atoms with Crippen LogP contribution in [0.3, 0.4) is 0 Å². The molecule has 0 spiro atoms. The molecule has 3 aromatic heterocycles. The van der Waals surface area contributed by atoms with Crippen LogP contribution in [0.1, 0.15) is 43.2 Å². The molecule has 1 fully saturated rings. The molecule has 5 rings (SSSR count). The van der Waals surface area contributed by atoms with Gasteiger partial charge in [-0.05, 0) is 41.7 Å². The molecule has 0 saturated heterocycles. The zero-order chi connectivity index (χ0) is 15.2. The van der Waals surface area contributed by atoms with Crippen molar-refractivity contribution in [3.8, 4) is 0 Å². The minimum Gasteiger partial charge on any atom is -0.257 e. The number of pyridine rings is 2. The van der Waals surface area contributed by atoms with Crippen molar-refractivity contribution in [3.05, 3.63) is 65.4 Å². The molecule has 4 nitrogen and oxygen atoms in total. The van der Waals surface area contributed by atoms with Gasteiger partial charge in [-0.25, -0.2) is 9.50 Å². The molecule has 0 aromatic carbocycles. The Morgan fingerprint density at radius 2 is 2.17 bits per heavy atom. The van der Waals surface area contributed by atoms with Crippen molar-refractivity contribution in [3.63, 3.8) is 0 Å². The highest BCUT2D eigenvalue weighted by atomic mass is 15.3. The SMILES string of the molecule is C1=C(c2ccn3ncnc3c2)c2ccc(CC3CCC3)nc2C1.[HH]. The number of rotatable bonds is 3. The van der Waals surface area contributed by atoms with Crippen molar-refractivity contribution in [2.24, 2.45) is 5.92 Å². The molecule has 1 saturated carbocycles. The molecule has 0 N–H and O–H groups in total. The van der Waals surface area contributed by atoms with E-state index in [9.17, 15) is 0 Å². The van der Waals surface area contributed by atoms with Crippen molar-refractivity contribution < 1.29 is 1.43 Å². The Kier molecular flexibility index (Phi) is 2.83. The first-order chi connectivity index (χ1) is 11.4. The average Bonchev–Trinajstić information content (AvgIpc) is 3.16. The van der Waals surface area contributed by atoms with E-state index in [0.717, 1.165) is 24.4 Å². The molecule has 0 unspecified atom stereocenters. The van der Waals surface area contributed by atoms with Gasteiger partial charge < -0.3 is 0 Å². The lowest BCUT2D eigenvalue weighted by molar-refractivity contribution is 0.312. The third kappa shape index (κ3) is 2.17. The summed E-state index contributed by atoms with van der Waals surface area (Å²) in [7, 11) is 0.